The number of unbranched alkanes of at least 4 members (excludes halogenated alkanes) is 1. The zero-order valence-electron chi connectivity index (χ0n) is 16.3. The van der Waals surface area contributed by atoms with Crippen molar-refractivity contribution < 1.29 is 4.39 Å². The molecule has 1 aromatic heterocycles. The van der Waals surface area contributed by atoms with Gasteiger partial charge in [0.05, 0.1) is 0 Å². The number of hydrogen-bond acceptors (Lipinski definition) is 1. The molecule has 2 rings (SSSR count). The first kappa shape index (κ1) is 22.3. The van der Waals surface area contributed by atoms with Crippen LogP contribution in [0, 0.1) is 12.7 Å². The van der Waals surface area contributed by atoms with Crippen LogP contribution < -0.4 is 0 Å². The van der Waals surface area contributed by atoms with Crippen molar-refractivity contribution in [1.29, 1.82) is 0 Å². The lowest BCUT2D eigenvalue weighted by molar-refractivity contribution is 0.626. The molecule has 0 radical (unpaired) electrons. The first-order valence-electron chi connectivity index (χ1n) is 9.10. The van der Waals surface area contributed by atoms with Crippen LogP contribution in [-0.4, -0.2) is 4.98 Å². The second kappa shape index (κ2) is 13.7. The standard InChI is InChI=1S/C10H13F.C9H13N.C3H8/c1-2-3-4-9-5-7-10(11)8-6-9;1-7(2)9-4-8(3)5-10-6-9;1-3-2/h5-8H,2-4H2,1H3;4-7H,1-3H3;3H2,1-2H3. The Kier molecular flexibility index (Phi) is 12.7. The van der Waals surface area contributed by atoms with E-state index in [1.165, 1.54) is 48.1 Å². The maximum absolute atomic E-state index is 12.4. The summed E-state index contributed by atoms with van der Waals surface area (Å²) in [6.07, 6.45) is 8.50. The van der Waals surface area contributed by atoms with Crippen molar-refractivity contribution in [2.75, 3.05) is 0 Å². The van der Waals surface area contributed by atoms with E-state index in [2.05, 4.69) is 52.6 Å². The quantitative estimate of drug-likeness (QED) is 0.582. The van der Waals surface area contributed by atoms with Gasteiger partial charge in [-0.1, -0.05) is 65.7 Å². The van der Waals surface area contributed by atoms with Gasteiger partial charge in [0.15, 0.2) is 0 Å². The molecule has 0 saturated carbocycles. The van der Waals surface area contributed by atoms with Gasteiger partial charge in [0.1, 0.15) is 5.82 Å². The topological polar surface area (TPSA) is 12.9 Å². The molecule has 0 unspecified atom stereocenters. The maximum atomic E-state index is 12.4. The Hall–Kier alpha value is -1.70. The van der Waals surface area contributed by atoms with Crippen LogP contribution in [0.4, 0.5) is 4.39 Å². The average Bonchev–Trinajstić information content (AvgIpc) is 2.56. The Bertz CT molecular complexity index is 532. The van der Waals surface area contributed by atoms with Crippen molar-refractivity contribution in [1.82, 2.24) is 4.98 Å². The summed E-state index contributed by atoms with van der Waals surface area (Å²) >= 11 is 0. The largest absolute Gasteiger partial charge is 0.264 e. The monoisotopic (exact) mass is 331 g/mol. The van der Waals surface area contributed by atoms with Crippen LogP contribution in [0.1, 0.15) is 76.5 Å². The fraction of sp³-hybridized carbons (Fsp3) is 0.500. The number of hydrogen-bond donors (Lipinski definition) is 0. The van der Waals surface area contributed by atoms with Crippen molar-refractivity contribution in [3.8, 4) is 0 Å². The Balaban J connectivity index is 0.000000381. The molecule has 0 saturated heterocycles. The lowest BCUT2D eigenvalue weighted by atomic mass is 10.0. The minimum Gasteiger partial charge on any atom is -0.264 e. The molecule has 2 heteroatoms. The third-order valence-electron chi connectivity index (χ3n) is 3.30. The summed E-state index contributed by atoms with van der Waals surface area (Å²) in [6, 6.07) is 8.92. The average molecular weight is 332 g/mol. The predicted molar refractivity (Wildman–Crippen MR) is 104 cm³/mol. The van der Waals surface area contributed by atoms with Crippen molar-refractivity contribution in [3.05, 3.63) is 65.2 Å². The number of rotatable bonds is 4. The highest BCUT2D eigenvalue weighted by molar-refractivity contribution is 5.19. The molecule has 0 spiro atoms. The van der Waals surface area contributed by atoms with E-state index in [0.717, 1.165) is 6.42 Å². The van der Waals surface area contributed by atoms with Gasteiger partial charge in [-0.05, 0) is 54.5 Å². The highest BCUT2D eigenvalue weighted by atomic mass is 19.1. The molecular weight excluding hydrogens is 297 g/mol. The summed E-state index contributed by atoms with van der Waals surface area (Å²) in [4.78, 5) is 4.11. The number of aromatic nitrogens is 1. The third kappa shape index (κ3) is 10.9. The number of pyridine rings is 1. The van der Waals surface area contributed by atoms with E-state index >= 15 is 0 Å². The Morgan fingerprint density at radius 2 is 1.58 bits per heavy atom. The molecule has 0 atom stereocenters. The normalized spacial score (nSPS) is 9.67. The van der Waals surface area contributed by atoms with Crippen molar-refractivity contribution in [3.63, 3.8) is 0 Å². The van der Waals surface area contributed by atoms with Crippen molar-refractivity contribution in [2.45, 2.75) is 73.1 Å². The second-order valence-electron chi connectivity index (χ2n) is 6.39. The Labute approximate surface area is 148 Å². The molecule has 134 valence electrons. The van der Waals surface area contributed by atoms with Crippen LogP contribution in [0.3, 0.4) is 0 Å². The van der Waals surface area contributed by atoms with Gasteiger partial charge in [0, 0.05) is 12.4 Å². The fourth-order valence-corrected chi connectivity index (χ4v) is 1.93. The van der Waals surface area contributed by atoms with Crippen LogP contribution in [0.5, 0.6) is 0 Å². The lowest BCUT2D eigenvalue weighted by Gasteiger charge is -2.03. The minimum absolute atomic E-state index is 0.148. The van der Waals surface area contributed by atoms with E-state index < -0.39 is 0 Å². The highest BCUT2D eigenvalue weighted by Gasteiger charge is 1.97. The maximum Gasteiger partial charge on any atom is 0.123 e. The molecule has 1 nitrogen and oxygen atoms in total. The third-order valence-corrected chi connectivity index (χ3v) is 3.30. The first-order chi connectivity index (χ1) is 11.4. The number of benzene rings is 1. The summed E-state index contributed by atoms with van der Waals surface area (Å²) in [7, 11) is 0. The van der Waals surface area contributed by atoms with Gasteiger partial charge in [-0.15, -0.1) is 0 Å². The summed E-state index contributed by atoms with van der Waals surface area (Å²) in [5.41, 5.74) is 3.79. The van der Waals surface area contributed by atoms with Crippen molar-refractivity contribution >= 4 is 0 Å². The molecule has 0 aliphatic heterocycles. The molecule has 0 amide bonds. The summed E-state index contributed by atoms with van der Waals surface area (Å²) < 4.78 is 12.4. The Morgan fingerprint density at radius 1 is 1.00 bits per heavy atom. The second-order valence-corrected chi connectivity index (χ2v) is 6.39. The van der Waals surface area contributed by atoms with Crippen LogP contribution >= 0.6 is 0 Å². The van der Waals surface area contributed by atoms with Crippen LogP contribution in [-0.2, 0) is 6.42 Å². The van der Waals surface area contributed by atoms with E-state index in [9.17, 15) is 4.39 Å². The summed E-state index contributed by atoms with van der Waals surface area (Å²) in [6.45, 7) is 12.8. The zero-order valence-corrected chi connectivity index (χ0v) is 16.3. The lowest BCUT2D eigenvalue weighted by Crippen LogP contribution is -1.88. The number of nitrogens with zero attached hydrogens (tertiary/aromatic N) is 1. The molecule has 2 aromatic rings. The first-order valence-corrected chi connectivity index (χ1v) is 9.10. The zero-order chi connectivity index (χ0) is 18.4. The fourth-order valence-electron chi connectivity index (χ4n) is 1.93. The Morgan fingerprint density at radius 3 is 2.00 bits per heavy atom. The van der Waals surface area contributed by atoms with Crippen LogP contribution in [0.2, 0.25) is 0 Å². The molecule has 24 heavy (non-hydrogen) atoms. The van der Waals surface area contributed by atoms with Gasteiger partial charge in [0.25, 0.3) is 0 Å². The molecule has 0 bridgehead atoms. The van der Waals surface area contributed by atoms with E-state index in [1.807, 2.05) is 24.5 Å². The predicted octanol–water partition coefficient (Wildman–Crippen LogP) is 7.10. The van der Waals surface area contributed by atoms with Gasteiger partial charge in [-0.25, -0.2) is 4.39 Å². The summed E-state index contributed by atoms with van der Waals surface area (Å²) in [5.74, 6) is 0.442. The van der Waals surface area contributed by atoms with Crippen LogP contribution in [0.15, 0.2) is 42.7 Å². The van der Waals surface area contributed by atoms with Gasteiger partial charge in [-0.3, -0.25) is 4.98 Å². The van der Waals surface area contributed by atoms with Crippen molar-refractivity contribution in [2.24, 2.45) is 0 Å². The van der Waals surface area contributed by atoms with Gasteiger partial charge in [-0.2, -0.15) is 0 Å². The highest BCUT2D eigenvalue weighted by Crippen LogP contribution is 2.12. The molecule has 0 aliphatic rings. The molecular formula is C22H34FN. The van der Waals surface area contributed by atoms with Gasteiger partial charge in [0.2, 0.25) is 0 Å². The SMILES string of the molecule is CCC.CCCCc1ccc(F)cc1.Cc1cncc(C(C)C)c1. The smallest absolute Gasteiger partial charge is 0.123 e. The molecule has 0 aliphatic carbocycles. The summed E-state index contributed by atoms with van der Waals surface area (Å²) in [5, 5.41) is 0. The molecule has 1 heterocycles. The van der Waals surface area contributed by atoms with Crippen LogP contribution in [0.25, 0.3) is 0 Å². The molecule has 1 aromatic carbocycles. The van der Waals surface area contributed by atoms with Gasteiger partial charge >= 0.3 is 0 Å². The minimum atomic E-state index is -0.148. The molecule has 0 N–H and O–H groups in total. The number of halogens is 1. The van der Waals surface area contributed by atoms with E-state index in [4.69, 9.17) is 0 Å². The molecule has 0 fully saturated rings. The number of aryl methyl sites for hydroxylation is 2. The van der Waals surface area contributed by atoms with E-state index in [1.54, 1.807) is 0 Å². The van der Waals surface area contributed by atoms with E-state index in [0.29, 0.717) is 5.92 Å². The van der Waals surface area contributed by atoms with Gasteiger partial charge < -0.3 is 0 Å². The van der Waals surface area contributed by atoms with E-state index in [-0.39, 0.29) is 5.82 Å².